The first-order valence-corrected chi connectivity index (χ1v) is 7.36. The number of fused-ring (bicyclic) bond motifs is 2. The van der Waals surface area contributed by atoms with Crippen LogP contribution in [0.1, 0.15) is 25.7 Å². The monoisotopic (exact) mass is 310 g/mol. The number of piperidine rings is 1. The molecule has 2 saturated heterocycles. The summed E-state index contributed by atoms with van der Waals surface area (Å²) < 4.78 is 6.62. The second-order valence-corrected chi connectivity index (χ2v) is 6.26. The van der Waals surface area contributed by atoms with Gasteiger partial charge in [-0.1, -0.05) is 15.9 Å². The molecule has 2 aliphatic heterocycles. The Morgan fingerprint density at radius 1 is 1.28 bits per heavy atom. The summed E-state index contributed by atoms with van der Waals surface area (Å²) in [5, 5.41) is 0. The second-order valence-electron chi connectivity index (χ2n) is 5.34. The van der Waals surface area contributed by atoms with Gasteiger partial charge in [-0.3, -0.25) is 0 Å². The first kappa shape index (κ1) is 12.3. The van der Waals surface area contributed by atoms with Crippen LogP contribution in [0.5, 0.6) is 5.75 Å². The molecule has 0 amide bonds. The summed E-state index contributed by atoms with van der Waals surface area (Å²) in [5.41, 5.74) is 7.34. The van der Waals surface area contributed by atoms with Gasteiger partial charge in [0.1, 0.15) is 5.75 Å². The minimum atomic E-state index is 0.372. The van der Waals surface area contributed by atoms with Crippen molar-refractivity contribution in [2.24, 2.45) is 5.73 Å². The third kappa shape index (κ3) is 2.01. The van der Waals surface area contributed by atoms with Crippen molar-refractivity contribution in [1.82, 2.24) is 0 Å². The Hall–Kier alpha value is -0.740. The zero-order valence-electron chi connectivity index (χ0n) is 10.6. The zero-order valence-corrected chi connectivity index (χ0v) is 12.2. The van der Waals surface area contributed by atoms with E-state index in [9.17, 15) is 0 Å². The van der Waals surface area contributed by atoms with Crippen LogP contribution in [0, 0.1) is 0 Å². The van der Waals surface area contributed by atoms with Crippen LogP contribution in [0.25, 0.3) is 0 Å². The van der Waals surface area contributed by atoms with E-state index in [2.05, 4.69) is 26.9 Å². The van der Waals surface area contributed by atoms with E-state index in [1.54, 1.807) is 7.11 Å². The van der Waals surface area contributed by atoms with Crippen molar-refractivity contribution >= 4 is 21.6 Å². The molecule has 98 valence electrons. The number of hydrogen-bond acceptors (Lipinski definition) is 3. The maximum atomic E-state index is 6.13. The topological polar surface area (TPSA) is 38.5 Å². The van der Waals surface area contributed by atoms with E-state index in [-0.39, 0.29) is 0 Å². The smallest absolute Gasteiger partial charge is 0.142 e. The van der Waals surface area contributed by atoms with Crippen LogP contribution in [0.3, 0.4) is 0 Å². The summed E-state index contributed by atoms with van der Waals surface area (Å²) in [7, 11) is 1.74. The Balaban J connectivity index is 1.98. The molecular weight excluding hydrogens is 292 g/mol. The Morgan fingerprint density at radius 3 is 2.56 bits per heavy atom. The standard InChI is InChI=1S/C14H19BrN2O/c1-18-14-5-2-9(15)6-13(14)17-11-3-4-12(17)8-10(16)7-11/h2,5-6,10-12H,3-4,7-8,16H2,1H3. The first-order chi connectivity index (χ1) is 8.69. The minimum absolute atomic E-state index is 0.372. The molecule has 0 spiro atoms. The summed E-state index contributed by atoms with van der Waals surface area (Å²) in [6, 6.07) is 7.77. The number of rotatable bonds is 2. The summed E-state index contributed by atoms with van der Waals surface area (Å²) in [6.07, 6.45) is 4.72. The lowest BCUT2D eigenvalue weighted by Gasteiger charge is -2.40. The van der Waals surface area contributed by atoms with E-state index < -0.39 is 0 Å². The first-order valence-electron chi connectivity index (χ1n) is 6.56. The molecule has 2 aliphatic rings. The van der Waals surface area contributed by atoms with Gasteiger partial charge in [-0.2, -0.15) is 0 Å². The highest BCUT2D eigenvalue weighted by atomic mass is 79.9. The van der Waals surface area contributed by atoms with Crippen LogP contribution in [-0.2, 0) is 0 Å². The molecule has 1 aromatic carbocycles. The molecule has 2 unspecified atom stereocenters. The van der Waals surface area contributed by atoms with E-state index in [1.165, 1.54) is 18.5 Å². The Bertz CT molecular complexity index is 437. The Kier molecular flexibility index (Phi) is 3.24. The fraction of sp³-hybridized carbons (Fsp3) is 0.571. The molecule has 3 nitrogen and oxygen atoms in total. The molecule has 1 aromatic rings. The number of hydrogen-bond donors (Lipinski definition) is 1. The van der Waals surface area contributed by atoms with E-state index in [4.69, 9.17) is 10.5 Å². The van der Waals surface area contributed by atoms with Crippen molar-refractivity contribution in [3.63, 3.8) is 0 Å². The third-order valence-corrected chi connectivity index (χ3v) is 4.68. The van der Waals surface area contributed by atoms with Crippen LogP contribution < -0.4 is 15.4 Å². The fourth-order valence-corrected chi connectivity index (χ4v) is 3.83. The predicted molar refractivity (Wildman–Crippen MR) is 77.2 cm³/mol. The summed E-state index contributed by atoms with van der Waals surface area (Å²) >= 11 is 3.56. The van der Waals surface area contributed by atoms with Gasteiger partial charge in [-0.05, 0) is 43.9 Å². The van der Waals surface area contributed by atoms with Crippen molar-refractivity contribution in [2.75, 3.05) is 12.0 Å². The molecule has 2 N–H and O–H groups in total. The predicted octanol–water partition coefficient (Wildman–Crippen LogP) is 2.92. The molecule has 0 aromatic heterocycles. The number of ether oxygens (including phenoxy) is 1. The largest absolute Gasteiger partial charge is 0.495 e. The van der Waals surface area contributed by atoms with Gasteiger partial charge in [0.25, 0.3) is 0 Å². The zero-order chi connectivity index (χ0) is 12.7. The van der Waals surface area contributed by atoms with Crippen LogP contribution in [0.15, 0.2) is 22.7 Å². The van der Waals surface area contributed by atoms with Crippen molar-refractivity contribution in [3.8, 4) is 5.75 Å². The fourth-order valence-electron chi connectivity index (χ4n) is 3.48. The quantitative estimate of drug-likeness (QED) is 0.913. The molecule has 3 rings (SSSR count). The number of anilines is 1. The van der Waals surface area contributed by atoms with Gasteiger partial charge in [-0.25, -0.2) is 0 Å². The van der Waals surface area contributed by atoms with Gasteiger partial charge < -0.3 is 15.4 Å². The molecule has 2 atom stereocenters. The van der Waals surface area contributed by atoms with Crippen molar-refractivity contribution in [1.29, 1.82) is 0 Å². The van der Waals surface area contributed by atoms with E-state index >= 15 is 0 Å². The maximum absolute atomic E-state index is 6.13. The highest BCUT2D eigenvalue weighted by Gasteiger charge is 2.40. The average Bonchev–Trinajstić information content (AvgIpc) is 2.61. The number of methoxy groups -OCH3 is 1. The molecule has 0 aliphatic carbocycles. The van der Waals surface area contributed by atoms with Gasteiger partial charge in [0.2, 0.25) is 0 Å². The molecule has 18 heavy (non-hydrogen) atoms. The molecule has 4 heteroatoms. The maximum Gasteiger partial charge on any atom is 0.142 e. The summed E-state index contributed by atoms with van der Waals surface area (Å²) in [4.78, 5) is 2.53. The van der Waals surface area contributed by atoms with E-state index in [0.29, 0.717) is 18.1 Å². The van der Waals surface area contributed by atoms with Crippen LogP contribution in [0.2, 0.25) is 0 Å². The third-order valence-electron chi connectivity index (χ3n) is 4.19. The highest BCUT2D eigenvalue weighted by molar-refractivity contribution is 9.10. The molecule has 2 heterocycles. The number of nitrogens with two attached hydrogens (primary N) is 1. The number of halogens is 1. The molecule has 2 bridgehead atoms. The summed E-state index contributed by atoms with van der Waals surface area (Å²) in [5.74, 6) is 0.963. The number of benzene rings is 1. The molecule has 0 radical (unpaired) electrons. The minimum Gasteiger partial charge on any atom is -0.495 e. The molecular formula is C14H19BrN2O. The average molecular weight is 311 g/mol. The lowest BCUT2D eigenvalue weighted by atomic mass is 9.97. The van der Waals surface area contributed by atoms with Gasteiger partial charge >= 0.3 is 0 Å². The Morgan fingerprint density at radius 2 is 1.94 bits per heavy atom. The highest BCUT2D eigenvalue weighted by Crippen LogP contribution is 2.43. The summed E-state index contributed by atoms with van der Waals surface area (Å²) in [6.45, 7) is 0. The van der Waals surface area contributed by atoms with Gasteiger partial charge in [-0.15, -0.1) is 0 Å². The van der Waals surface area contributed by atoms with Gasteiger partial charge in [0.05, 0.1) is 12.8 Å². The Labute approximate surface area is 116 Å². The van der Waals surface area contributed by atoms with Gasteiger partial charge in [0, 0.05) is 22.6 Å². The van der Waals surface area contributed by atoms with Gasteiger partial charge in [0.15, 0.2) is 0 Å². The lowest BCUT2D eigenvalue weighted by Crippen LogP contribution is -2.47. The number of nitrogens with zero attached hydrogens (tertiary/aromatic N) is 1. The normalized spacial score (nSPS) is 30.6. The van der Waals surface area contributed by atoms with Crippen LogP contribution >= 0.6 is 15.9 Å². The van der Waals surface area contributed by atoms with E-state index in [1.807, 2.05) is 12.1 Å². The molecule has 0 saturated carbocycles. The SMILES string of the molecule is COc1ccc(Br)cc1N1C2CCC1CC(N)C2. The molecule has 2 fully saturated rings. The van der Waals surface area contributed by atoms with Crippen molar-refractivity contribution < 1.29 is 4.74 Å². The van der Waals surface area contributed by atoms with Crippen LogP contribution in [-0.4, -0.2) is 25.2 Å². The van der Waals surface area contributed by atoms with Crippen LogP contribution in [0.4, 0.5) is 5.69 Å². The van der Waals surface area contributed by atoms with Crippen molar-refractivity contribution in [2.45, 2.75) is 43.8 Å². The lowest BCUT2D eigenvalue weighted by molar-refractivity contribution is 0.391. The van der Waals surface area contributed by atoms with E-state index in [0.717, 1.165) is 23.1 Å². The second kappa shape index (κ2) is 4.74. The van der Waals surface area contributed by atoms with Crippen molar-refractivity contribution in [3.05, 3.63) is 22.7 Å².